The van der Waals surface area contributed by atoms with Crippen molar-refractivity contribution in [1.82, 2.24) is 4.90 Å². The lowest BCUT2D eigenvalue weighted by Gasteiger charge is -2.32. The molecular weight excluding hydrogens is 204 g/mol. The summed E-state index contributed by atoms with van der Waals surface area (Å²) in [6, 6.07) is -0.0648. The Balaban J connectivity index is 4.27. The van der Waals surface area contributed by atoms with E-state index in [0.29, 0.717) is 6.54 Å². The Morgan fingerprint density at radius 1 is 1.25 bits per heavy atom. The number of hydrogen-bond donors (Lipinski definition) is 1. The molecule has 0 spiro atoms. The minimum Gasteiger partial charge on any atom is -0.444 e. The predicted molar refractivity (Wildman–Crippen MR) is 66.3 cm³/mol. The van der Waals surface area contributed by atoms with E-state index in [1.165, 1.54) is 4.90 Å². The van der Waals surface area contributed by atoms with Crippen molar-refractivity contribution in [1.29, 1.82) is 0 Å². The predicted octanol–water partition coefficient (Wildman–Crippen LogP) is 2.23. The normalized spacial score (nSPS) is 14.5. The fourth-order valence-electron chi connectivity index (χ4n) is 0.983. The summed E-state index contributed by atoms with van der Waals surface area (Å²) >= 11 is 0. The zero-order valence-corrected chi connectivity index (χ0v) is 11.6. The van der Waals surface area contributed by atoms with E-state index in [-0.39, 0.29) is 17.6 Å². The van der Waals surface area contributed by atoms with Gasteiger partial charge in [0.1, 0.15) is 5.60 Å². The van der Waals surface area contributed by atoms with E-state index in [4.69, 9.17) is 10.5 Å². The zero-order chi connectivity index (χ0) is 13.1. The van der Waals surface area contributed by atoms with Gasteiger partial charge in [0, 0.05) is 19.6 Å². The van der Waals surface area contributed by atoms with Crippen LogP contribution in [0.2, 0.25) is 0 Å². The van der Waals surface area contributed by atoms with Gasteiger partial charge >= 0.3 is 6.09 Å². The third kappa shape index (κ3) is 5.95. The minimum atomic E-state index is -0.461. The first-order chi connectivity index (χ1) is 6.93. The van der Waals surface area contributed by atoms with Gasteiger partial charge in [0.25, 0.3) is 0 Å². The van der Waals surface area contributed by atoms with Crippen LogP contribution in [0.25, 0.3) is 0 Å². The quantitative estimate of drug-likeness (QED) is 0.791. The maximum atomic E-state index is 11.7. The van der Waals surface area contributed by atoms with Crippen LogP contribution in [0.4, 0.5) is 4.79 Å². The van der Waals surface area contributed by atoms with Gasteiger partial charge in [0.2, 0.25) is 0 Å². The largest absolute Gasteiger partial charge is 0.444 e. The summed E-state index contributed by atoms with van der Waals surface area (Å²) in [5.74, 6) is 0. The van der Waals surface area contributed by atoms with Gasteiger partial charge in [-0.1, -0.05) is 20.8 Å². The molecule has 0 aliphatic rings. The van der Waals surface area contributed by atoms with Crippen LogP contribution in [-0.4, -0.2) is 36.2 Å². The molecule has 4 heteroatoms. The molecule has 4 nitrogen and oxygen atoms in total. The van der Waals surface area contributed by atoms with Crippen molar-refractivity contribution in [2.45, 2.75) is 53.2 Å². The number of ether oxygens (including phenoxy) is 1. The van der Waals surface area contributed by atoms with Gasteiger partial charge in [-0.25, -0.2) is 4.79 Å². The molecule has 0 saturated carbocycles. The van der Waals surface area contributed by atoms with E-state index in [1.807, 2.05) is 20.8 Å². The molecule has 2 N–H and O–H groups in total. The molecule has 96 valence electrons. The van der Waals surface area contributed by atoms with Crippen molar-refractivity contribution in [3.63, 3.8) is 0 Å². The average Bonchev–Trinajstić information content (AvgIpc) is 1.98. The van der Waals surface area contributed by atoms with E-state index in [0.717, 1.165) is 0 Å². The van der Waals surface area contributed by atoms with Crippen LogP contribution in [0, 0.1) is 5.41 Å². The lowest BCUT2D eigenvalue weighted by atomic mass is 9.87. The van der Waals surface area contributed by atoms with Crippen LogP contribution in [0.15, 0.2) is 0 Å². The molecule has 0 aromatic carbocycles. The third-order valence-corrected chi connectivity index (χ3v) is 2.29. The first-order valence-corrected chi connectivity index (χ1v) is 5.63. The topological polar surface area (TPSA) is 55.6 Å². The van der Waals surface area contributed by atoms with Crippen molar-refractivity contribution in [2.24, 2.45) is 11.1 Å². The number of likely N-dealkylation sites (N-methyl/N-ethyl adjacent to an activating group) is 1. The highest BCUT2D eigenvalue weighted by atomic mass is 16.6. The van der Waals surface area contributed by atoms with E-state index in [1.54, 1.807) is 7.05 Å². The summed E-state index contributed by atoms with van der Waals surface area (Å²) < 4.78 is 5.24. The van der Waals surface area contributed by atoms with Gasteiger partial charge in [-0.3, -0.25) is 0 Å². The highest BCUT2D eigenvalue weighted by Crippen LogP contribution is 2.18. The Morgan fingerprint density at radius 3 is 2.00 bits per heavy atom. The molecule has 0 heterocycles. The van der Waals surface area contributed by atoms with E-state index in [2.05, 4.69) is 20.8 Å². The Labute approximate surface area is 99.1 Å². The molecule has 1 atom stereocenters. The number of amides is 1. The maximum absolute atomic E-state index is 11.7. The number of nitrogens with zero attached hydrogens (tertiary/aromatic N) is 1. The van der Waals surface area contributed by atoms with E-state index in [9.17, 15) is 4.79 Å². The molecule has 0 aromatic heterocycles. The van der Waals surface area contributed by atoms with E-state index >= 15 is 0 Å². The van der Waals surface area contributed by atoms with Crippen LogP contribution >= 0.6 is 0 Å². The zero-order valence-electron chi connectivity index (χ0n) is 11.6. The number of hydrogen-bond acceptors (Lipinski definition) is 3. The molecule has 1 unspecified atom stereocenters. The first kappa shape index (κ1) is 15.2. The van der Waals surface area contributed by atoms with Gasteiger partial charge in [-0.15, -0.1) is 0 Å². The molecule has 0 bridgehead atoms. The molecule has 1 amide bonds. The smallest absolute Gasteiger partial charge is 0.410 e. The molecule has 0 rings (SSSR count). The third-order valence-electron chi connectivity index (χ3n) is 2.29. The molecule has 0 saturated heterocycles. The van der Waals surface area contributed by atoms with Crippen LogP contribution in [0.3, 0.4) is 0 Å². The second kappa shape index (κ2) is 5.04. The number of carbonyl (C=O) groups excluding carboxylic acids is 1. The van der Waals surface area contributed by atoms with E-state index < -0.39 is 5.60 Å². The Kier molecular flexibility index (Phi) is 4.80. The number of carbonyl (C=O) groups is 1. The Hall–Kier alpha value is -0.770. The average molecular weight is 230 g/mol. The molecule has 0 fully saturated rings. The van der Waals surface area contributed by atoms with Crippen LogP contribution in [0.1, 0.15) is 41.5 Å². The lowest BCUT2D eigenvalue weighted by molar-refractivity contribution is 0.0270. The van der Waals surface area contributed by atoms with Gasteiger partial charge < -0.3 is 15.4 Å². The minimum absolute atomic E-state index is 0.0176. The Bertz CT molecular complexity index is 238. The summed E-state index contributed by atoms with van der Waals surface area (Å²) in [6.45, 7) is 12.2. The fourth-order valence-corrected chi connectivity index (χ4v) is 0.983. The molecule has 0 aromatic rings. The van der Waals surface area contributed by atoms with Crippen molar-refractivity contribution in [3.05, 3.63) is 0 Å². The molecular formula is C12H26N2O2. The van der Waals surface area contributed by atoms with Crippen LogP contribution in [0.5, 0.6) is 0 Å². The monoisotopic (exact) mass is 230 g/mol. The summed E-state index contributed by atoms with van der Waals surface area (Å²) in [7, 11) is 1.71. The molecule has 0 radical (unpaired) electrons. The highest BCUT2D eigenvalue weighted by molar-refractivity contribution is 5.67. The standard InChI is InChI=1S/C12H26N2O2/c1-11(2,3)9(13)8-14(7)10(15)16-12(4,5)6/h9H,8,13H2,1-7H3. The van der Waals surface area contributed by atoms with Crippen molar-refractivity contribution in [2.75, 3.05) is 13.6 Å². The SMILES string of the molecule is CN(CC(N)C(C)(C)C)C(=O)OC(C)(C)C. The maximum Gasteiger partial charge on any atom is 0.410 e. The fraction of sp³-hybridized carbons (Fsp3) is 0.917. The number of nitrogens with two attached hydrogens (primary N) is 1. The lowest BCUT2D eigenvalue weighted by Crippen LogP contribution is -2.47. The second-order valence-electron chi connectivity index (χ2n) is 6.33. The van der Waals surface area contributed by atoms with Crippen molar-refractivity contribution in [3.8, 4) is 0 Å². The van der Waals surface area contributed by atoms with Gasteiger partial charge in [0.15, 0.2) is 0 Å². The number of rotatable bonds is 2. The second-order valence-corrected chi connectivity index (χ2v) is 6.33. The van der Waals surface area contributed by atoms with Crippen molar-refractivity contribution < 1.29 is 9.53 Å². The van der Waals surface area contributed by atoms with Gasteiger partial charge in [-0.2, -0.15) is 0 Å². The summed E-state index contributed by atoms with van der Waals surface area (Å²) in [4.78, 5) is 13.2. The van der Waals surface area contributed by atoms with Gasteiger partial charge in [0.05, 0.1) is 0 Å². The summed E-state index contributed by atoms with van der Waals surface area (Å²) in [5.41, 5.74) is 5.53. The highest BCUT2D eigenvalue weighted by Gasteiger charge is 2.26. The van der Waals surface area contributed by atoms with Gasteiger partial charge in [-0.05, 0) is 26.2 Å². The van der Waals surface area contributed by atoms with Crippen LogP contribution < -0.4 is 5.73 Å². The molecule has 16 heavy (non-hydrogen) atoms. The first-order valence-electron chi connectivity index (χ1n) is 5.63. The van der Waals surface area contributed by atoms with Crippen LogP contribution in [-0.2, 0) is 4.74 Å². The molecule has 0 aliphatic heterocycles. The summed E-state index contributed by atoms with van der Waals surface area (Å²) in [5, 5.41) is 0. The Morgan fingerprint density at radius 2 is 1.69 bits per heavy atom. The van der Waals surface area contributed by atoms with Crippen molar-refractivity contribution >= 4 is 6.09 Å². The molecule has 0 aliphatic carbocycles. The summed E-state index contributed by atoms with van der Waals surface area (Å²) in [6.07, 6.45) is -0.327.